The van der Waals surface area contributed by atoms with Crippen molar-refractivity contribution < 1.29 is 0 Å². The lowest BCUT2D eigenvalue weighted by Gasteiger charge is -2.10. The summed E-state index contributed by atoms with van der Waals surface area (Å²) in [6, 6.07) is 8.52. The largest absolute Gasteiger partial charge is 0.309 e. The maximum atomic E-state index is 4.29. The van der Waals surface area contributed by atoms with Gasteiger partial charge in [-0.15, -0.1) is 5.10 Å². The van der Waals surface area contributed by atoms with Crippen LogP contribution < -0.4 is 5.32 Å². The van der Waals surface area contributed by atoms with Gasteiger partial charge < -0.3 is 5.32 Å². The Bertz CT molecular complexity index is 530. The van der Waals surface area contributed by atoms with Gasteiger partial charge in [0.15, 0.2) is 0 Å². The Morgan fingerprint density at radius 2 is 2.11 bits per heavy atom. The molecule has 0 aliphatic heterocycles. The number of nitrogens with one attached hydrogen (secondary N) is 1. The molecule has 2 aromatic rings. The van der Waals surface area contributed by atoms with Crippen molar-refractivity contribution in [2.45, 2.75) is 33.7 Å². The maximum Gasteiger partial charge on any atom is 0.103 e. The van der Waals surface area contributed by atoms with E-state index >= 15 is 0 Å². The Kier molecular flexibility index (Phi) is 3.77. The third-order valence-corrected chi connectivity index (χ3v) is 3.10. The Morgan fingerprint density at radius 3 is 2.78 bits per heavy atom. The van der Waals surface area contributed by atoms with Crippen LogP contribution in [0.3, 0.4) is 0 Å². The first-order valence-corrected chi connectivity index (χ1v) is 6.36. The molecule has 0 amide bonds. The van der Waals surface area contributed by atoms with Gasteiger partial charge in [0.25, 0.3) is 0 Å². The fourth-order valence-corrected chi connectivity index (χ4v) is 2.15. The van der Waals surface area contributed by atoms with Crippen molar-refractivity contribution in [2.24, 2.45) is 0 Å². The summed E-state index contributed by atoms with van der Waals surface area (Å²) in [6.07, 6.45) is 0. The minimum Gasteiger partial charge on any atom is -0.309 e. The topological polar surface area (TPSA) is 42.7 Å². The summed E-state index contributed by atoms with van der Waals surface area (Å²) in [5, 5.41) is 11.9. The lowest BCUT2D eigenvalue weighted by atomic mass is 10.2. The highest BCUT2D eigenvalue weighted by atomic mass is 15.4. The average Bonchev–Trinajstić information content (AvgIpc) is 2.71. The molecule has 4 nitrogen and oxygen atoms in total. The molecule has 0 bridgehead atoms. The fraction of sp³-hybridized carbons (Fsp3) is 0.429. The molecular formula is C14H20N4. The summed E-state index contributed by atoms with van der Waals surface area (Å²) < 4.78 is 1.90. The monoisotopic (exact) mass is 244 g/mol. The van der Waals surface area contributed by atoms with E-state index in [-0.39, 0.29) is 6.04 Å². The van der Waals surface area contributed by atoms with Gasteiger partial charge >= 0.3 is 0 Å². The standard InChI is InChI=1S/C14H20N4/c1-5-15-11(3)14-12(4)18(17-16-14)13-8-6-7-10(2)9-13/h6-9,11,15H,5H2,1-4H3. The molecular weight excluding hydrogens is 224 g/mol. The molecule has 0 aliphatic rings. The minimum absolute atomic E-state index is 0.230. The van der Waals surface area contributed by atoms with Crippen molar-refractivity contribution >= 4 is 0 Å². The third-order valence-electron chi connectivity index (χ3n) is 3.10. The maximum absolute atomic E-state index is 4.29. The SMILES string of the molecule is CCNC(C)c1nnn(-c2cccc(C)c2)c1C. The van der Waals surface area contributed by atoms with Gasteiger partial charge in [-0.1, -0.05) is 24.3 Å². The zero-order valence-corrected chi connectivity index (χ0v) is 11.4. The van der Waals surface area contributed by atoms with E-state index in [1.54, 1.807) is 0 Å². The lowest BCUT2D eigenvalue weighted by Crippen LogP contribution is -2.19. The molecule has 2 rings (SSSR count). The van der Waals surface area contributed by atoms with Crippen LogP contribution in [0.2, 0.25) is 0 Å². The van der Waals surface area contributed by atoms with Crippen molar-refractivity contribution in [1.29, 1.82) is 0 Å². The molecule has 1 heterocycles. The van der Waals surface area contributed by atoms with E-state index in [9.17, 15) is 0 Å². The van der Waals surface area contributed by atoms with Gasteiger partial charge in [-0.2, -0.15) is 0 Å². The Morgan fingerprint density at radius 1 is 1.33 bits per heavy atom. The van der Waals surface area contributed by atoms with Crippen LogP contribution in [0.4, 0.5) is 0 Å². The van der Waals surface area contributed by atoms with E-state index in [4.69, 9.17) is 0 Å². The van der Waals surface area contributed by atoms with E-state index < -0.39 is 0 Å². The second-order valence-corrected chi connectivity index (χ2v) is 4.59. The van der Waals surface area contributed by atoms with Crippen LogP contribution in [0, 0.1) is 13.8 Å². The zero-order chi connectivity index (χ0) is 13.1. The molecule has 0 fully saturated rings. The summed E-state index contributed by atoms with van der Waals surface area (Å²) >= 11 is 0. The summed E-state index contributed by atoms with van der Waals surface area (Å²) in [4.78, 5) is 0. The van der Waals surface area contributed by atoms with Gasteiger partial charge in [0.1, 0.15) is 5.69 Å². The first-order valence-electron chi connectivity index (χ1n) is 6.36. The smallest absolute Gasteiger partial charge is 0.103 e. The van der Waals surface area contributed by atoms with Crippen molar-refractivity contribution in [2.75, 3.05) is 6.54 Å². The van der Waals surface area contributed by atoms with Crippen molar-refractivity contribution in [3.63, 3.8) is 0 Å². The number of hydrogen-bond donors (Lipinski definition) is 1. The van der Waals surface area contributed by atoms with Gasteiger partial charge in [0.05, 0.1) is 17.4 Å². The predicted octanol–water partition coefficient (Wildman–Crippen LogP) is 2.55. The molecule has 0 saturated carbocycles. The van der Waals surface area contributed by atoms with Gasteiger partial charge in [0, 0.05) is 0 Å². The quantitative estimate of drug-likeness (QED) is 0.898. The van der Waals surface area contributed by atoms with E-state index in [0.29, 0.717) is 0 Å². The summed E-state index contributed by atoms with van der Waals surface area (Å²) in [6.45, 7) is 9.28. The average molecular weight is 244 g/mol. The highest BCUT2D eigenvalue weighted by molar-refractivity contribution is 5.36. The molecule has 1 aromatic carbocycles. The summed E-state index contributed by atoms with van der Waals surface area (Å²) in [5.41, 5.74) is 4.39. The molecule has 0 radical (unpaired) electrons. The second-order valence-electron chi connectivity index (χ2n) is 4.59. The first kappa shape index (κ1) is 12.8. The van der Waals surface area contributed by atoms with Crippen molar-refractivity contribution in [3.05, 3.63) is 41.2 Å². The molecule has 0 spiro atoms. The van der Waals surface area contributed by atoms with Gasteiger partial charge in [-0.25, -0.2) is 4.68 Å². The number of aryl methyl sites for hydroxylation is 1. The summed E-state index contributed by atoms with van der Waals surface area (Å²) in [5.74, 6) is 0. The van der Waals surface area contributed by atoms with Crippen molar-refractivity contribution in [1.82, 2.24) is 20.3 Å². The summed E-state index contributed by atoms with van der Waals surface area (Å²) in [7, 11) is 0. The second kappa shape index (κ2) is 5.31. The van der Waals surface area contributed by atoms with Crippen LogP contribution in [0.5, 0.6) is 0 Å². The van der Waals surface area contributed by atoms with Crippen LogP contribution in [0.15, 0.2) is 24.3 Å². The molecule has 1 atom stereocenters. The van der Waals surface area contributed by atoms with Gasteiger partial charge in [-0.3, -0.25) is 0 Å². The van der Waals surface area contributed by atoms with Crippen LogP contribution in [-0.2, 0) is 0 Å². The highest BCUT2D eigenvalue weighted by Gasteiger charge is 2.15. The van der Waals surface area contributed by atoms with E-state index in [0.717, 1.165) is 23.6 Å². The zero-order valence-electron chi connectivity index (χ0n) is 11.4. The van der Waals surface area contributed by atoms with Gasteiger partial charge in [0.2, 0.25) is 0 Å². The van der Waals surface area contributed by atoms with Crippen LogP contribution >= 0.6 is 0 Å². The molecule has 0 saturated heterocycles. The van der Waals surface area contributed by atoms with Crippen LogP contribution in [-0.4, -0.2) is 21.5 Å². The van der Waals surface area contributed by atoms with Crippen LogP contribution in [0.25, 0.3) is 5.69 Å². The molecule has 18 heavy (non-hydrogen) atoms. The fourth-order valence-electron chi connectivity index (χ4n) is 2.15. The number of benzene rings is 1. The normalized spacial score (nSPS) is 12.7. The predicted molar refractivity (Wildman–Crippen MR) is 72.9 cm³/mol. The number of nitrogens with zero attached hydrogens (tertiary/aromatic N) is 3. The molecule has 4 heteroatoms. The van der Waals surface area contributed by atoms with E-state index in [1.165, 1.54) is 5.56 Å². The first-order chi connectivity index (χ1) is 8.63. The Hall–Kier alpha value is -1.68. The van der Waals surface area contributed by atoms with Crippen LogP contribution in [0.1, 0.15) is 36.8 Å². The third kappa shape index (κ3) is 2.43. The van der Waals surface area contributed by atoms with Crippen molar-refractivity contribution in [3.8, 4) is 5.69 Å². The minimum atomic E-state index is 0.230. The number of rotatable bonds is 4. The van der Waals surface area contributed by atoms with Gasteiger partial charge in [-0.05, 0) is 45.0 Å². The van der Waals surface area contributed by atoms with E-state index in [2.05, 4.69) is 61.5 Å². The molecule has 1 aromatic heterocycles. The Balaban J connectivity index is 2.36. The molecule has 1 N–H and O–H groups in total. The molecule has 96 valence electrons. The molecule has 0 aliphatic carbocycles. The number of hydrogen-bond acceptors (Lipinski definition) is 3. The Labute approximate surface area is 108 Å². The number of aromatic nitrogens is 3. The highest BCUT2D eigenvalue weighted by Crippen LogP contribution is 2.18. The lowest BCUT2D eigenvalue weighted by molar-refractivity contribution is 0.579. The molecule has 1 unspecified atom stereocenters. The van der Waals surface area contributed by atoms with E-state index in [1.807, 2.05) is 10.7 Å².